The van der Waals surface area contributed by atoms with Crippen molar-refractivity contribution in [3.05, 3.63) is 53.3 Å². The number of rotatable bonds is 14. The fourth-order valence-electron chi connectivity index (χ4n) is 5.51. The largest absolute Gasteiger partial charge is 0.493 e. The molecule has 1 aliphatic rings. The number of alkyl halides is 3. The summed E-state index contributed by atoms with van der Waals surface area (Å²) in [5.41, 5.74) is 0.549. The molecule has 6 nitrogen and oxygen atoms in total. The number of ether oxygens (including phenoxy) is 2. The Hall–Kier alpha value is -3.07. The second-order valence-corrected chi connectivity index (χ2v) is 11.0. The van der Waals surface area contributed by atoms with Crippen molar-refractivity contribution in [1.82, 2.24) is 14.9 Å². The summed E-state index contributed by atoms with van der Waals surface area (Å²) >= 11 is 0. The maximum Gasteiger partial charge on any atom is 0.416 e. The topological polar surface area (TPSA) is 59.5 Å². The van der Waals surface area contributed by atoms with Crippen LogP contribution in [0.15, 0.2) is 36.4 Å². The van der Waals surface area contributed by atoms with Crippen molar-refractivity contribution < 1.29 is 22.6 Å². The van der Waals surface area contributed by atoms with E-state index in [1.54, 1.807) is 20.3 Å². The number of methoxy groups -OCH3 is 2. The van der Waals surface area contributed by atoms with E-state index in [9.17, 15) is 13.2 Å². The van der Waals surface area contributed by atoms with Crippen molar-refractivity contribution in [1.29, 1.82) is 0 Å². The monoisotopic (exact) mass is 572 g/mol. The Morgan fingerprint density at radius 3 is 2.27 bits per heavy atom. The van der Waals surface area contributed by atoms with E-state index < -0.39 is 17.8 Å². The third kappa shape index (κ3) is 8.71. The van der Waals surface area contributed by atoms with E-state index in [1.807, 2.05) is 19.1 Å². The molecule has 2 heterocycles. The minimum atomic E-state index is -4.40. The van der Waals surface area contributed by atoms with Crippen molar-refractivity contribution in [2.45, 2.75) is 83.4 Å². The lowest BCUT2D eigenvalue weighted by atomic mass is 10.0. The lowest BCUT2D eigenvalue weighted by molar-refractivity contribution is -0.137. The number of likely N-dealkylation sites (tertiary alicyclic amines) is 1. The molecule has 0 radical (unpaired) electrons. The number of hydrogen-bond acceptors (Lipinski definition) is 6. The number of halogens is 3. The lowest BCUT2D eigenvalue weighted by Crippen LogP contribution is -2.30. The number of anilines is 1. The van der Waals surface area contributed by atoms with Gasteiger partial charge in [-0.1, -0.05) is 44.2 Å². The Labute approximate surface area is 241 Å². The smallest absolute Gasteiger partial charge is 0.416 e. The normalized spacial score (nSPS) is 15.2. The maximum absolute atomic E-state index is 13.3. The third-order valence-corrected chi connectivity index (χ3v) is 7.89. The summed E-state index contributed by atoms with van der Waals surface area (Å²) in [6.45, 7) is 5.59. The van der Waals surface area contributed by atoms with Gasteiger partial charge in [-0.05, 0) is 76.0 Å². The molecular formula is C32H43F3N4O2. The number of aryl methyl sites for hydroxylation is 1. The van der Waals surface area contributed by atoms with Crippen molar-refractivity contribution >= 4 is 16.7 Å². The average molecular weight is 573 g/mol. The standard InChI is InChI=1S/C32H43F3N4O2/c1-23(24-14-13-15-25(20-24)32(33,34)35)36-31-26-21-28(40-2)29(41-3)22-27(26)37-30(38-31)16-9-6-4-5-7-10-17-39-18-11-8-12-19-39/h13-15,20-23H,4-12,16-19H2,1-3H3,(H,36,37,38)/t23-/m1/s1. The molecule has 9 heteroatoms. The van der Waals surface area contributed by atoms with Crippen LogP contribution in [-0.2, 0) is 12.6 Å². The van der Waals surface area contributed by atoms with Crippen LogP contribution in [0.3, 0.4) is 0 Å². The van der Waals surface area contributed by atoms with Crippen molar-refractivity contribution in [3.8, 4) is 11.5 Å². The van der Waals surface area contributed by atoms with Crippen molar-refractivity contribution in [2.75, 3.05) is 39.2 Å². The fourth-order valence-corrected chi connectivity index (χ4v) is 5.51. The van der Waals surface area contributed by atoms with Gasteiger partial charge in [0.25, 0.3) is 0 Å². The second kappa shape index (κ2) is 14.7. The Kier molecular flexibility index (Phi) is 11.1. The van der Waals surface area contributed by atoms with Gasteiger partial charge in [-0.3, -0.25) is 0 Å². The highest BCUT2D eigenvalue weighted by molar-refractivity contribution is 5.92. The minimum Gasteiger partial charge on any atom is -0.493 e. The first-order chi connectivity index (χ1) is 19.8. The molecular weight excluding hydrogens is 529 g/mol. The van der Waals surface area contributed by atoms with Gasteiger partial charge in [0.05, 0.1) is 25.3 Å². The fraction of sp³-hybridized carbons (Fsp3) is 0.562. The van der Waals surface area contributed by atoms with Gasteiger partial charge in [-0.25, -0.2) is 9.97 Å². The first kappa shape index (κ1) is 30.9. The SMILES string of the molecule is COc1cc2nc(CCCCCCCCN3CCCCC3)nc(N[C@H](C)c3cccc(C(F)(F)F)c3)c2cc1OC. The lowest BCUT2D eigenvalue weighted by Gasteiger charge is -2.26. The van der Waals surface area contributed by atoms with E-state index in [1.165, 1.54) is 76.7 Å². The molecule has 0 aliphatic carbocycles. The van der Waals surface area contributed by atoms with Gasteiger partial charge in [0.1, 0.15) is 11.6 Å². The number of aromatic nitrogens is 2. The molecule has 1 aromatic heterocycles. The molecule has 1 aliphatic heterocycles. The molecule has 0 unspecified atom stereocenters. The average Bonchev–Trinajstić information content (AvgIpc) is 2.98. The number of nitrogens with one attached hydrogen (secondary N) is 1. The van der Waals surface area contributed by atoms with Crippen LogP contribution >= 0.6 is 0 Å². The van der Waals surface area contributed by atoms with E-state index in [4.69, 9.17) is 19.4 Å². The molecule has 224 valence electrons. The number of nitrogens with zero attached hydrogens (tertiary/aromatic N) is 3. The molecule has 4 rings (SSSR count). The first-order valence-electron chi connectivity index (χ1n) is 14.9. The van der Waals surface area contributed by atoms with Gasteiger partial charge >= 0.3 is 6.18 Å². The van der Waals surface area contributed by atoms with Gasteiger partial charge < -0.3 is 19.7 Å². The predicted octanol–water partition coefficient (Wildman–Crippen LogP) is 8.21. The van der Waals surface area contributed by atoms with Crippen LogP contribution in [-0.4, -0.2) is 48.7 Å². The molecule has 1 fully saturated rings. The van der Waals surface area contributed by atoms with E-state index in [0.717, 1.165) is 30.7 Å². The summed E-state index contributed by atoms with van der Waals surface area (Å²) in [6, 6.07) is 8.60. The Morgan fingerprint density at radius 2 is 1.56 bits per heavy atom. The number of unbranched alkanes of at least 4 members (excludes halogenated alkanes) is 5. The highest BCUT2D eigenvalue weighted by Crippen LogP contribution is 2.36. The van der Waals surface area contributed by atoms with Crippen LogP contribution in [0.2, 0.25) is 0 Å². The van der Waals surface area contributed by atoms with Crippen LogP contribution in [0, 0.1) is 0 Å². The number of hydrogen-bond donors (Lipinski definition) is 1. The summed E-state index contributed by atoms with van der Waals surface area (Å²) in [7, 11) is 3.14. The highest BCUT2D eigenvalue weighted by atomic mass is 19.4. The molecule has 0 saturated carbocycles. The predicted molar refractivity (Wildman–Crippen MR) is 158 cm³/mol. The molecule has 1 saturated heterocycles. The minimum absolute atomic E-state index is 0.415. The zero-order valence-electron chi connectivity index (χ0n) is 24.5. The second-order valence-electron chi connectivity index (χ2n) is 11.0. The quantitative estimate of drug-likeness (QED) is 0.197. The van der Waals surface area contributed by atoms with E-state index in [2.05, 4.69) is 10.2 Å². The molecule has 41 heavy (non-hydrogen) atoms. The van der Waals surface area contributed by atoms with E-state index >= 15 is 0 Å². The van der Waals surface area contributed by atoms with Gasteiger partial charge in [-0.15, -0.1) is 0 Å². The third-order valence-electron chi connectivity index (χ3n) is 7.89. The van der Waals surface area contributed by atoms with Crippen LogP contribution in [0.5, 0.6) is 11.5 Å². The molecule has 0 bridgehead atoms. The first-order valence-corrected chi connectivity index (χ1v) is 14.9. The molecule has 0 spiro atoms. The highest BCUT2D eigenvalue weighted by Gasteiger charge is 2.30. The summed E-state index contributed by atoms with van der Waals surface area (Å²) in [5, 5.41) is 4.06. The Bertz CT molecular complexity index is 1260. The van der Waals surface area contributed by atoms with Gasteiger partial charge in [0.2, 0.25) is 0 Å². The molecule has 1 N–H and O–H groups in total. The van der Waals surface area contributed by atoms with E-state index in [-0.39, 0.29) is 0 Å². The van der Waals surface area contributed by atoms with Gasteiger partial charge in [0, 0.05) is 23.9 Å². The Balaban J connectivity index is 1.41. The summed E-state index contributed by atoms with van der Waals surface area (Å²) in [4.78, 5) is 12.2. The number of piperidine rings is 1. The van der Waals surface area contributed by atoms with Crippen molar-refractivity contribution in [3.63, 3.8) is 0 Å². The number of benzene rings is 2. The van der Waals surface area contributed by atoms with Gasteiger partial charge in [-0.2, -0.15) is 13.2 Å². The van der Waals surface area contributed by atoms with E-state index in [0.29, 0.717) is 34.2 Å². The van der Waals surface area contributed by atoms with Crippen LogP contribution in [0.4, 0.5) is 19.0 Å². The van der Waals surface area contributed by atoms with Crippen LogP contribution in [0.25, 0.3) is 10.9 Å². The Morgan fingerprint density at radius 1 is 0.878 bits per heavy atom. The zero-order chi connectivity index (χ0) is 29.2. The van der Waals surface area contributed by atoms with Crippen molar-refractivity contribution in [2.24, 2.45) is 0 Å². The van der Waals surface area contributed by atoms with Gasteiger partial charge in [0.15, 0.2) is 11.5 Å². The van der Waals surface area contributed by atoms with Crippen LogP contribution < -0.4 is 14.8 Å². The maximum atomic E-state index is 13.3. The molecule has 2 aromatic carbocycles. The molecule has 0 amide bonds. The number of fused-ring (bicyclic) bond motifs is 1. The summed E-state index contributed by atoms with van der Waals surface area (Å²) < 4.78 is 50.9. The zero-order valence-corrected chi connectivity index (χ0v) is 24.5. The summed E-state index contributed by atoms with van der Waals surface area (Å²) in [6.07, 6.45) is 7.47. The molecule has 3 aromatic rings. The molecule has 1 atom stereocenters. The summed E-state index contributed by atoms with van der Waals surface area (Å²) in [5.74, 6) is 2.36. The van der Waals surface area contributed by atoms with Crippen LogP contribution in [0.1, 0.15) is 87.7 Å².